The van der Waals surface area contributed by atoms with E-state index in [4.69, 9.17) is 4.74 Å². The van der Waals surface area contributed by atoms with E-state index in [0.717, 1.165) is 0 Å². The second kappa shape index (κ2) is 8.70. The van der Waals surface area contributed by atoms with Gasteiger partial charge in [-0.15, -0.1) is 0 Å². The molecule has 0 aromatic heterocycles. The first kappa shape index (κ1) is 24.4. The zero-order valence-corrected chi connectivity index (χ0v) is 16.4. The Labute approximate surface area is 166 Å². The van der Waals surface area contributed by atoms with Crippen molar-refractivity contribution in [1.29, 1.82) is 0 Å². The number of hydrogen-bond donors (Lipinski definition) is 1. The number of sulfonamides is 2. The third-order valence-corrected chi connectivity index (χ3v) is 7.24. The maximum Gasteiger partial charge on any atom is 0.512 e. The molecule has 6 nitrogen and oxygen atoms in total. The van der Waals surface area contributed by atoms with Crippen molar-refractivity contribution in [2.75, 3.05) is 0 Å². The van der Waals surface area contributed by atoms with Crippen LogP contribution < -0.4 is 8.86 Å². The Balaban J connectivity index is 2.49. The lowest BCUT2D eigenvalue weighted by atomic mass is 10.0. The predicted molar refractivity (Wildman–Crippen MR) is 88.2 cm³/mol. The highest BCUT2D eigenvalue weighted by atomic mass is 32.3. The molecule has 0 saturated carbocycles. The van der Waals surface area contributed by atoms with Gasteiger partial charge in [-0.1, -0.05) is 16.3 Å². The van der Waals surface area contributed by atoms with Gasteiger partial charge in [-0.05, 0) is 32.1 Å². The summed E-state index contributed by atoms with van der Waals surface area (Å²) in [7, 11) is -12.9. The Morgan fingerprint density at radius 2 is 1.40 bits per heavy atom. The predicted octanol–water partition coefficient (Wildman–Crippen LogP) is 3.64. The van der Waals surface area contributed by atoms with E-state index in [9.17, 15) is 47.6 Å². The number of ether oxygens (including phenoxy) is 1. The molecular formula is C15H14F7NO5S2. The highest BCUT2D eigenvalue weighted by Gasteiger charge is 2.50. The number of alkyl halides is 3. The first-order valence-corrected chi connectivity index (χ1v) is 11.2. The van der Waals surface area contributed by atoms with Gasteiger partial charge in [-0.25, -0.2) is 25.6 Å². The van der Waals surface area contributed by atoms with Gasteiger partial charge in [0.2, 0.25) is 11.6 Å². The van der Waals surface area contributed by atoms with Crippen molar-refractivity contribution in [2.45, 2.75) is 48.6 Å². The van der Waals surface area contributed by atoms with E-state index in [1.54, 1.807) is 6.08 Å². The van der Waals surface area contributed by atoms with Gasteiger partial charge in [0.25, 0.3) is 10.0 Å². The molecule has 1 N–H and O–H groups in total. The fourth-order valence-corrected chi connectivity index (χ4v) is 5.09. The second-order valence-corrected chi connectivity index (χ2v) is 9.72. The average molecular weight is 485 g/mol. The zero-order chi connectivity index (χ0) is 22.9. The molecule has 1 aliphatic carbocycles. The summed E-state index contributed by atoms with van der Waals surface area (Å²) in [5, 5.41) is 0. The highest BCUT2D eigenvalue weighted by Crippen LogP contribution is 2.35. The van der Waals surface area contributed by atoms with Gasteiger partial charge in [0.1, 0.15) is 0 Å². The van der Waals surface area contributed by atoms with Crippen molar-refractivity contribution >= 4 is 20.0 Å². The number of benzene rings is 1. The average Bonchev–Trinajstić information content (AvgIpc) is 2.56. The summed E-state index contributed by atoms with van der Waals surface area (Å²) in [5.41, 5.74) is -6.18. The van der Waals surface area contributed by atoms with Crippen LogP contribution in [0.25, 0.3) is 0 Å². The van der Waals surface area contributed by atoms with Crippen LogP contribution in [0.2, 0.25) is 0 Å². The summed E-state index contributed by atoms with van der Waals surface area (Å²) >= 11 is 0. The SMILES string of the molecule is O=S(=O)(NS(=O)(=O)C(F)(F)F)c1c(F)c(F)c(OC2CC/C=C\CCC2)c(F)c1F. The van der Waals surface area contributed by atoms with Crippen molar-refractivity contribution in [3.8, 4) is 5.75 Å². The van der Waals surface area contributed by atoms with Crippen molar-refractivity contribution in [2.24, 2.45) is 0 Å². The van der Waals surface area contributed by atoms with Crippen LogP contribution in [0, 0.1) is 23.3 Å². The van der Waals surface area contributed by atoms with Crippen molar-refractivity contribution in [3.05, 3.63) is 35.4 Å². The molecule has 2 rings (SSSR count). The van der Waals surface area contributed by atoms with Crippen LogP contribution in [-0.2, 0) is 20.0 Å². The molecule has 0 aliphatic heterocycles. The summed E-state index contributed by atoms with van der Waals surface area (Å²) in [5.74, 6) is -11.6. The van der Waals surface area contributed by atoms with Crippen LogP contribution in [0.3, 0.4) is 0 Å². The third-order valence-electron chi connectivity index (χ3n) is 3.98. The van der Waals surface area contributed by atoms with Crippen molar-refractivity contribution in [3.63, 3.8) is 0 Å². The molecule has 1 unspecified atom stereocenters. The number of allylic oxidation sites excluding steroid dienone is 2. The van der Waals surface area contributed by atoms with Crippen LogP contribution in [0.1, 0.15) is 32.1 Å². The first-order chi connectivity index (χ1) is 13.7. The van der Waals surface area contributed by atoms with Gasteiger partial charge in [-0.2, -0.15) is 22.0 Å². The minimum Gasteiger partial charge on any atom is -0.484 e. The van der Waals surface area contributed by atoms with E-state index in [1.807, 2.05) is 6.08 Å². The minimum absolute atomic E-state index is 0.00129. The van der Waals surface area contributed by atoms with E-state index in [1.165, 1.54) is 0 Å². The largest absolute Gasteiger partial charge is 0.512 e. The van der Waals surface area contributed by atoms with Gasteiger partial charge in [0.05, 0.1) is 6.10 Å². The molecule has 0 amide bonds. The van der Waals surface area contributed by atoms with Crippen LogP contribution in [0.5, 0.6) is 5.75 Å². The fourth-order valence-electron chi connectivity index (χ4n) is 2.57. The van der Waals surface area contributed by atoms with Crippen LogP contribution in [0.15, 0.2) is 17.0 Å². The molecule has 1 aliphatic rings. The smallest absolute Gasteiger partial charge is 0.484 e. The molecule has 0 fully saturated rings. The van der Waals surface area contributed by atoms with Gasteiger partial charge in [0.15, 0.2) is 22.3 Å². The molecule has 1 aromatic rings. The Bertz CT molecular complexity index is 1020. The molecule has 0 spiro atoms. The van der Waals surface area contributed by atoms with Gasteiger partial charge >= 0.3 is 15.5 Å². The number of halogens is 7. The lowest BCUT2D eigenvalue weighted by molar-refractivity contribution is -0.0441. The molecular weight excluding hydrogens is 471 g/mol. The monoisotopic (exact) mass is 485 g/mol. The van der Waals surface area contributed by atoms with Crippen LogP contribution in [0.4, 0.5) is 30.7 Å². The summed E-state index contributed by atoms with van der Waals surface area (Å²) < 4.78 is 144. The van der Waals surface area contributed by atoms with Crippen molar-refractivity contribution < 1.29 is 52.3 Å². The maximum atomic E-state index is 14.3. The van der Waals surface area contributed by atoms with Gasteiger partial charge in [0, 0.05) is 0 Å². The topological polar surface area (TPSA) is 89.5 Å². The normalized spacial score (nSPS) is 19.8. The quantitative estimate of drug-likeness (QED) is 0.391. The molecule has 0 heterocycles. The van der Waals surface area contributed by atoms with Gasteiger partial charge in [-0.3, -0.25) is 0 Å². The molecule has 1 aromatic carbocycles. The second-order valence-electron chi connectivity index (χ2n) is 6.17. The summed E-state index contributed by atoms with van der Waals surface area (Å²) in [6, 6.07) is 0. The summed E-state index contributed by atoms with van der Waals surface area (Å²) in [6.07, 6.45) is 4.74. The molecule has 15 heteroatoms. The molecule has 1 atom stereocenters. The van der Waals surface area contributed by atoms with E-state index < -0.39 is 65.6 Å². The van der Waals surface area contributed by atoms with E-state index in [0.29, 0.717) is 19.3 Å². The molecule has 0 bridgehead atoms. The Hall–Kier alpha value is -1.87. The summed E-state index contributed by atoms with van der Waals surface area (Å²) in [6.45, 7) is 0. The fraction of sp³-hybridized carbons (Fsp3) is 0.467. The Morgan fingerprint density at radius 1 is 0.867 bits per heavy atom. The lowest BCUT2D eigenvalue weighted by Crippen LogP contribution is -2.41. The molecule has 0 radical (unpaired) electrons. The van der Waals surface area contributed by atoms with Gasteiger partial charge < -0.3 is 4.74 Å². The molecule has 30 heavy (non-hydrogen) atoms. The van der Waals surface area contributed by atoms with Crippen LogP contribution in [-0.4, -0.2) is 28.4 Å². The molecule has 170 valence electrons. The van der Waals surface area contributed by atoms with Crippen LogP contribution >= 0.6 is 0 Å². The number of rotatable bonds is 5. The maximum absolute atomic E-state index is 14.3. The molecule has 0 saturated heterocycles. The minimum atomic E-state index is -6.66. The standard InChI is InChI=1S/C15H14F7NO5S2/c16-9-11(18)14(29(24,25)23-30(26,27)15(20,21)22)12(19)10(17)13(9)28-8-6-4-2-1-3-5-7-8/h1-2,8,23H,3-7H2/b2-1-. The van der Waals surface area contributed by atoms with E-state index in [2.05, 4.69) is 0 Å². The third kappa shape index (κ3) is 5.06. The van der Waals surface area contributed by atoms with E-state index in [-0.39, 0.29) is 17.0 Å². The Morgan fingerprint density at radius 3 is 1.93 bits per heavy atom. The zero-order valence-electron chi connectivity index (χ0n) is 14.8. The number of hydrogen-bond acceptors (Lipinski definition) is 5. The Kier molecular flexibility index (Phi) is 7.08. The van der Waals surface area contributed by atoms with Crippen molar-refractivity contribution in [1.82, 2.24) is 4.13 Å². The van der Waals surface area contributed by atoms with E-state index >= 15 is 0 Å². The lowest BCUT2D eigenvalue weighted by Gasteiger charge is -2.21. The number of nitrogens with one attached hydrogen (secondary N) is 1. The highest BCUT2D eigenvalue weighted by molar-refractivity contribution is 8.05. The summed E-state index contributed by atoms with van der Waals surface area (Å²) in [4.78, 5) is -2.57. The first-order valence-electron chi connectivity index (χ1n) is 8.21.